The van der Waals surface area contributed by atoms with Crippen LogP contribution >= 0.6 is 34.8 Å². The predicted octanol–water partition coefficient (Wildman–Crippen LogP) is 3.50. The van der Waals surface area contributed by atoms with Gasteiger partial charge in [0.2, 0.25) is 0 Å². The van der Waals surface area contributed by atoms with Gasteiger partial charge in [0.05, 0.1) is 10.6 Å². The van der Waals surface area contributed by atoms with E-state index in [2.05, 4.69) is 4.98 Å². The van der Waals surface area contributed by atoms with Crippen molar-refractivity contribution < 1.29 is 4.79 Å². The summed E-state index contributed by atoms with van der Waals surface area (Å²) in [6.45, 7) is 1.42. The summed E-state index contributed by atoms with van der Waals surface area (Å²) >= 11 is 17.8. The molecule has 0 aliphatic carbocycles. The van der Waals surface area contributed by atoms with Crippen molar-refractivity contribution in [2.45, 2.75) is 6.92 Å². The maximum absolute atomic E-state index is 11.3. The molecule has 0 aromatic carbocycles. The number of ketones is 1. The van der Waals surface area contributed by atoms with Gasteiger partial charge in [0, 0.05) is 0 Å². The first kappa shape index (κ1) is 10.7. The van der Waals surface area contributed by atoms with Crippen LogP contribution in [0, 0.1) is 0 Å². The normalized spacial score (nSPS) is 10.9. The van der Waals surface area contributed by atoms with Gasteiger partial charge in [-0.3, -0.25) is 9.20 Å². The highest BCUT2D eigenvalue weighted by Gasteiger charge is 2.15. The van der Waals surface area contributed by atoms with Crippen molar-refractivity contribution in [3.8, 4) is 0 Å². The van der Waals surface area contributed by atoms with Gasteiger partial charge in [-0.25, -0.2) is 4.98 Å². The lowest BCUT2D eigenvalue weighted by Crippen LogP contribution is -1.98. The Balaban J connectivity index is 2.92. The predicted molar refractivity (Wildman–Crippen MR) is 60.2 cm³/mol. The second-order valence-corrected chi connectivity index (χ2v) is 4.13. The summed E-state index contributed by atoms with van der Waals surface area (Å²) < 4.78 is 1.49. The number of carbonyl (C=O) groups excluding carboxylic acids is 1. The topological polar surface area (TPSA) is 34.4 Å². The van der Waals surface area contributed by atoms with Crippen LogP contribution in [0.1, 0.15) is 17.3 Å². The van der Waals surface area contributed by atoms with Crippen LogP contribution < -0.4 is 0 Å². The Morgan fingerprint density at radius 1 is 1.40 bits per heavy atom. The molecule has 0 bridgehead atoms. The van der Waals surface area contributed by atoms with Crippen LogP contribution in [0.3, 0.4) is 0 Å². The van der Waals surface area contributed by atoms with Crippen LogP contribution in [-0.2, 0) is 0 Å². The quantitative estimate of drug-likeness (QED) is 0.583. The monoisotopic (exact) mass is 262 g/mol. The van der Waals surface area contributed by atoms with E-state index in [0.717, 1.165) is 0 Å². The van der Waals surface area contributed by atoms with Gasteiger partial charge in [-0.2, -0.15) is 0 Å². The first-order valence-corrected chi connectivity index (χ1v) is 5.17. The molecule has 2 aromatic rings. The number of fused-ring (bicyclic) bond motifs is 1. The van der Waals surface area contributed by atoms with Crippen LogP contribution in [0.15, 0.2) is 12.4 Å². The van der Waals surface area contributed by atoms with Gasteiger partial charge in [0.1, 0.15) is 17.0 Å². The van der Waals surface area contributed by atoms with Gasteiger partial charge < -0.3 is 0 Å². The number of carbonyl (C=O) groups is 1. The summed E-state index contributed by atoms with van der Waals surface area (Å²) in [4.78, 5) is 15.1. The molecule has 15 heavy (non-hydrogen) atoms. The second kappa shape index (κ2) is 3.67. The summed E-state index contributed by atoms with van der Waals surface area (Å²) in [5, 5.41) is 0.880. The van der Waals surface area contributed by atoms with Gasteiger partial charge in [0.15, 0.2) is 10.9 Å². The smallest absolute Gasteiger partial charge is 0.162 e. The van der Waals surface area contributed by atoms with Crippen LogP contribution in [-0.4, -0.2) is 15.2 Å². The molecule has 0 atom stereocenters. The molecule has 2 heterocycles. The summed E-state index contributed by atoms with van der Waals surface area (Å²) in [7, 11) is 0. The van der Waals surface area contributed by atoms with E-state index >= 15 is 0 Å². The molecular weight excluding hydrogens is 258 g/mol. The second-order valence-electron chi connectivity index (χ2n) is 3.01. The number of hydrogen-bond donors (Lipinski definition) is 0. The molecule has 0 amide bonds. The highest BCUT2D eigenvalue weighted by Crippen LogP contribution is 2.30. The van der Waals surface area contributed by atoms with E-state index in [0.29, 0.717) is 16.1 Å². The molecule has 0 spiro atoms. The van der Waals surface area contributed by atoms with E-state index < -0.39 is 0 Å². The van der Waals surface area contributed by atoms with Crippen molar-refractivity contribution >= 4 is 46.1 Å². The number of hydrogen-bond acceptors (Lipinski definition) is 2. The zero-order chi connectivity index (χ0) is 11.2. The Morgan fingerprint density at radius 2 is 2.07 bits per heavy atom. The van der Waals surface area contributed by atoms with Crippen LogP contribution in [0.25, 0.3) is 5.52 Å². The molecule has 0 saturated heterocycles. The number of pyridine rings is 1. The van der Waals surface area contributed by atoms with Gasteiger partial charge in [-0.15, -0.1) is 0 Å². The lowest BCUT2D eigenvalue weighted by atomic mass is 10.2. The number of rotatable bonds is 1. The number of aromatic nitrogens is 2. The molecule has 0 aliphatic rings. The largest absolute Gasteiger partial charge is 0.294 e. The Labute approximate surface area is 101 Å². The van der Waals surface area contributed by atoms with Crippen LogP contribution in [0.5, 0.6) is 0 Å². The first-order chi connectivity index (χ1) is 7.02. The molecule has 0 aliphatic heterocycles. The molecule has 0 fully saturated rings. The first-order valence-electron chi connectivity index (χ1n) is 4.04. The van der Waals surface area contributed by atoms with Crippen molar-refractivity contribution in [3.05, 3.63) is 33.3 Å². The average Bonchev–Trinajstić information content (AvgIpc) is 2.54. The van der Waals surface area contributed by atoms with Crippen molar-refractivity contribution in [2.24, 2.45) is 0 Å². The van der Waals surface area contributed by atoms with Crippen molar-refractivity contribution in [2.75, 3.05) is 0 Å². The third-order valence-electron chi connectivity index (χ3n) is 2.03. The molecule has 0 radical (unpaired) electrons. The lowest BCUT2D eigenvalue weighted by Gasteiger charge is -2.05. The average molecular weight is 264 g/mol. The minimum atomic E-state index is -0.159. The molecule has 3 nitrogen and oxygen atoms in total. The van der Waals surface area contributed by atoms with Crippen molar-refractivity contribution in [3.63, 3.8) is 0 Å². The highest BCUT2D eigenvalue weighted by atomic mass is 35.5. The Kier molecular flexibility index (Phi) is 2.63. The standard InChI is InChI=1S/C9H5Cl3N2O/c1-4(15)5-2-6(10)7-8(11)13-3-14(7)9(5)12/h2-3H,1H3. The van der Waals surface area contributed by atoms with Crippen LogP contribution in [0.2, 0.25) is 15.3 Å². The number of nitrogens with zero attached hydrogens (tertiary/aromatic N) is 2. The fourth-order valence-corrected chi connectivity index (χ4v) is 2.21. The van der Waals surface area contributed by atoms with Gasteiger partial charge in [-0.05, 0) is 13.0 Å². The van der Waals surface area contributed by atoms with Crippen LogP contribution in [0.4, 0.5) is 0 Å². The van der Waals surface area contributed by atoms with E-state index in [1.54, 1.807) is 0 Å². The maximum atomic E-state index is 11.3. The molecule has 2 aromatic heterocycles. The number of imidazole rings is 1. The van der Waals surface area contributed by atoms with Gasteiger partial charge in [-0.1, -0.05) is 34.8 Å². The minimum Gasteiger partial charge on any atom is -0.294 e. The minimum absolute atomic E-state index is 0.159. The SMILES string of the molecule is CC(=O)c1cc(Cl)c2c(Cl)ncn2c1Cl. The summed E-state index contributed by atoms with van der Waals surface area (Å²) in [5.74, 6) is -0.159. The van der Waals surface area contributed by atoms with E-state index in [1.807, 2.05) is 0 Å². The Morgan fingerprint density at radius 3 is 2.67 bits per heavy atom. The molecule has 0 saturated carbocycles. The Bertz CT molecular complexity index is 562. The zero-order valence-electron chi connectivity index (χ0n) is 7.59. The molecule has 78 valence electrons. The molecular formula is C9H5Cl3N2O. The van der Waals surface area contributed by atoms with Gasteiger partial charge >= 0.3 is 0 Å². The molecule has 0 N–H and O–H groups in total. The van der Waals surface area contributed by atoms with Crippen molar-refractivity contribution in [1.29, 1.82) is 0 Å². The highest BCUT2D eigenvalue weighted by molar-refractivity contribution is 6.41. The van der Waals surface area contributed by atoms with E-state index in [4.69, 9.17) is 34.8 Å². The number of Topliss-reactive ketones (excluding diaryl/α,β-unsaturated/α-hetero) is 1. The summed E-state index contributed by atoms with van der Waals surface area (Å²) in [6, 6.07) is 1.50. The van der Waals surface area contributed by atoms with E-state index in [1.165, 1.54) is 23.7 Å². The summed E-state index contributed by atoms with van der Waals surface area (Å²) in [5.41, 5.74) is 0.858. The third-order valence-corrected chi connectivity index (χ3v) is 2.98. The summed E-state index contributed by atoms with van der Waals surface area (Å²) in [6.07, 6.45) is 1.43. The zero-order valence-corrected chi connectivity index (χ0v) is 9.86. The maximum Gasteiger partial charge on any atom is 0.162 e. The molecule has 6 heteroatoms. The van der Waals surface area contributed by atoms with E-state index in [9.17, 15) is 4.79 Å². The van der Waals surface area contributed by atoms with Crippen molar-refractivity contribution in [1.82, 2.24) is 9.38 Å². The van der Waals surface area contributed by atoms with Gasteiger partial charge in [0.25, 0.3) is 0 Å². The molecule has 0 unspecified atom stereocenters. The Hall–Kier alpha value is -0.770. The fraction of sp³-hybridized carbons (Fsp3) is 0.111. The fourth-order valence-electron chi connectivity index (χ4n) is 1.32. The van der Waals surface area contributed by atoms with E-state index in [-0.39, 0.29) is 16.1 Å². The number of halogens is 3. The molecule has 2 rings (SSSR count). The lowest BCUT2D eigenvalue weighted by molar-refractivity contribution is 0.101. The third kappa shape index (κ3) is 1.61.